The lowest BCUT2D eigenvalue weighted by atomic mass is 9.82. The molecular formula is C12H18N2O2. The Bertz CT molecular complexity index is 343. The first kappa shape index (κ1) is 12.8. The van der Waals surface area contributed by atoms with Crippen molar-refractivity contribution < 1.29 is 9.59 Å². The molecule has 1 rings (SSSR count). The van der Waals surface area contributed by atoms with Crippen LogP contribution in [0.1, 0.15) is 46.0 Å². The summed E-state index contributed by atoms with van der Waals surface area (Å²) in [6, 6.07) is 0. The Balaban J connectivity index is 2.48. The van der Waals surface area contributed by atoms with Crippen molar-refractivity contribution in [1.29, 1.82) is 0 Å². The summed E-state index contributed by atoms with van der Waals surface area (Å²) in [5, 5.41) is 0. The molecule has 88 valence electrons. The summed E-state index contributed by atoms with van der Waals surface area (Å²) < 4.78 is 0. The van der Waals surface area contributed by atoms with Crippen LogP contribution < -0.4 is 0 Å². The lowest BCUT2D eigenvalue weighted by Crippen LogP contribution is -2.21. The van der Waals surface area contributed by atoms with E-state index in [-0.39, 0.29) is 11.0 Å². The zero-order chi connectivity index (χ0) is 12.1. The highest BCUT2D eigenvalue weighted by atomic mass is 16.1. The maximum absolute atomic E-state index is 10.3. The van der Waals surface area contributed by atoms with E-state index in [1.165, 1.54) is 0 Å². The van der Waals surface area contributed by atoms with Gasteiger partial charge in [-0.2, -0.15) is 4.99 Å². The van der Waals surface area contributed by atoms with Crippen molar-refractivity contribution in [2.45, 2.75) is 51.5 Å². The quantitative estimate of drug-likeness (QED) is 0.407. The van der Waals surface area contributed by atoms with Gasteiger partial charge in [0.2, 0.25) is 12.2 Å². The van der Waals surface area contributed by atoms with Gasteiger partial charge in [0.05, 0.1) is 12.1 Å². The molecule has 4 nitrogen and oxygen atoms in total. The van der Waals surface area contributed by atoms with Gasteiger partial charge in [-0.1, -0.05) is 6.92 Å². The van der Waals surface area contributed by atoms with E-state index in [2.05, 4.69) is 16.9 Å². The predicted molar refractivity (Wildman–Crippen MR) is 60.7 cm³/mol. The Kier molecular flexibility index (Phi) is 4.17. The van der Waals surface area contributed by atoms with Gasteiger partial charge >= 0.3 is 0 Å². The molecule has 0 aromatic rings. The first-order valence-corrected chi connectivity index (χ1v) is 5.66. The lowest BCUT2D eigenvalue weighted by molar-refractivity contribution is 0.282. The van der Waals surface area contributed by atoms with Crippen LogP contribution in [0, 0.1) is 5.41 Å². The SMILES string of the molecule is CC1(CCCN=C=O)CCC(C)(N=C=O)C1. The second-order valence-corrected chi connectivity index (χ2v) is 5.26. The Hall–Kier alpha value is -1.24. The van der Waals surface area contributed by atoms with Gasteiger partial charge in [0, 0.05) is 0 Å². The molecule has 0 spiro atoms. The number of nitrogens with zero attached hydrogens (tertiary/aromatic N) is 2. The first-order chi connectivity index (χ1) is 7.54. The van der Waals surface area contributed by atoms with Crippen LogP contribution in [0.4, 0.5) is 0 Å². The summed E-state index contributed by atoms with van der Waals surface area (Å²) in [5.41, 5.74) is -0.0159. The van der Waals surface area contributed by atoms with E-state index in [4.69, 9.17) is 0 Å². The van der Waals surface area contributed by atoms with Crippen molar-refractivity contribution in [1.82, 2.24) is 0 Å². The summed E-state index contributed by atoms with van der Waals surface area (Å²) in [5.74, 6) is 0. The minimum atomic E-state index is -0.232. The minimum Gasteiger partial charge on any atom is -0.211 e. The van der Waals surface area contributed by atoms with Crippen molar-refractivity contribution in [3.8, 4) is 0 Å². The van der Waals surface area contributed by atoms with Crippen molar-refractivity contribution >= 4 is 12.2 Å². The molecule has 1 aliphatic rings. The van der Waals surface area contributed by atoms with Crippen LogP contribution in [-0.2, 0) is 9.59 Å². The fourth-order valence-electron chi connectivity index (χ4n) is 2.72. The van der Waals surface area contributed by atoms with Gasteiger partial charge in [-0.05, 0) is 44.4 Å². The Morgan fingerprint density at radius 1 is 1.19 bits per heavy atom. The normalized spacial score (nSPS) is 32.9. The van der Waals surface area contributed by atoms with E-state index in [0.717, 1.165) is 32.1 Å². The highest BCUT2D eigenvalue weighted by Gasteiger charge is 2.42. The molecule has 16 heavy (non-hydrogen) atoms. The lowest BCUT2D eigenvalue weighted by Gasteiger charge is -2.25. The van der Waals surface area contributed by atoms with Gasteiger partial charge < -0.3 is 0 Å². The fourth-order valence-corrected chi connectivity index (χ4v) is 2.72. The molecule has 0 aromatic heterocycles. The number of aliphatic imine (C=N–C) groups is 2. The molecule has 0 amide bonds. The smallest absolute Gasteiger partial charge is 0.211 e. The van der Waals surface area contributed by atoms with Crippen LogP contribution in [0.2, 0.25) is 0 Å². The molecule has 0 N–H and O–H groups in total. The van der Waals surface area contributed by atoms with Gasteiger partial charge in [0.25, 0.3) is 0 Å². The standard InChI is InChI=1S/C12H18N2O2/c1-11(4-3-7-13-9-15)5-6-12(2,8-11)14-10-16/h3-8H2,1-2H3. The van der Waals surface area contributed by atoms with Gasteiger partial charge in [-0.15, -0.1) is 0 Å². The van der Waals surface area contributed by atoms with Crippen LogP contribution in [0.5, 0.6) is 0 Å². The molecule has 0 bridgehead atoms. The molecule has 2 atom stereocenters. The molecule has 0 radical (unpaired) electrons. The summed E-state index contributed by atoms with van der Waals surface area (Å²) in [4.78, 5) is 27.7. The molecule has 0 heterocycles. The molecule has 1 aliphatic carbocycles. The van der Waals surface area contributed by atoms with Crippen LogP contribution in [0.15, 0.2) is 9.98 Å². The van der Waals surface area contributed by atoms with Gasteiger partial charge in [-0.3, -0.25) is 0 Å². The zero-order valence-corrected chi connectivity index (χ0v) is 9.95. The summed E-state index contributed by atoms with van der Waals surface area (Å²) in [6.45, 7) is 4.77. The summed E-state index contributed by atoms with van der Waals surface area (Å²) in [6.07, 6.45) is 8.05. The average molecular weight is 222 g/mol. The molecule has 0 saturated heterocycles. The number of hydrogen-bond donors (Lipinski definition) is 0. The molecule has 0 aromatic carbocycles. The number of carbonyl (C=O) groups excluding carboxylic acids is 2. The fraction of sp³-hybridized carbons (Fsp3) is 0.833. The third-order valence-corrected chi connectivity index (χ3v) is 3.51. The van der Waals surface area contributed by atoms with Crippen LogP contribution in [0.3, 0.4) is 0 Å². The maximum atomic E-state index is 10.3. The zero-order valence-electron chi connectivity index (χ0n) is 9.95. The average Bonchev–Trinajstić information content (AvgIpc) is 2.51. The van der Waals surface area contributed by atoms with E-state index < -0.39 is 0 Å². The van der Waals surface area contributed by atoms with Crippen LogP contribution in [0.25, 0.3) is 0 Å². The van der Waals surface area contributed by atoms with E-state index in [0.29, 0.717) is 6.54 Å². The highest BCUT2D eigenvalue weighted by Crippen LogP contribution is 2.48. The molecule has 2 unspecified atom stereocenters. The number of isocyanates is 2. The third-order valence-electron chi connectivity index (χ3n) is 3.51. The van der Waals surface area contributed by atoms with Crippen LogP contribution in [-0.4, -0.2) is 24.2 Å². The summed E-state index contributed by atoms with van der Waals surface area (Å²) in [7, 11) is 0. The van der Waals surface area contributed by atoms with E-state index in [9.17, 15) is 9.59 Å². The van der Waals surface area contributed by atoms with Crippen molar-refractivity contribution in [2.75, 3.05) is 6.54 Å². The van der Waals surface area contributed by atoms with Gasteiger partial charge in [0.15, 0.2) is 0 Å². The van der Waals surface area contributed by atoms with E-state index in [1.54, 1.807) is 12.2 Å². The Morgan fingerprint density at radius 2 is 1.94 bits per heavy atom. The highest BCUT2D eigenvalue weighted by molar-refractivity contribution is 5.35. The predicted octanol–water partition coefficient (Wildman–Crippen LogP) is 2.39. The number of hydrogen-bond acceptors (Lipinski definition) is 4. The second-order valence-electron chi connectivity index (χ2n) is 5.26. The molecule has 1 fully saturated rings. The summed E-state index contributed by atoms with van der Waals surface area (Å²) >= 11 is 0. The largest absolute Gasteiger partial charge is 0.235 e. The monoisotopic (exact) mass is 222 g/mol. The van der Waals surface area contributed by atoms with Gasteiger partial charge in [-0.25, -0.2) is 14.6 Å². The third kappa shape index (κ3) is 3.41. The molecule has 1 saturated carbocycles. The second kappa shape index (κ2) is 5.20. The number of rotatable bonds is 5. The molecular weight excluding hydrogens is 204 g/mol. The van der Waals surface area contributed by atoms with E-state index in [1.807, 2.05) is 6.92 Å². The Morgan fingerprint density at radius 3 is 2.56 bits per heavy atom. The first-order valence-electron chi connectivity index (χ1n) is 5.66. The molecule has 0 aliphatic heterocycles. The van der Waals surface area contributed by atoms with Crippen LogP contribution >= 0.6 is 0 Å². The maximum Gasteiger partial charge on any atom is 0.235 e. The Labute approximate surface area is 95.9 Å². The van der Waals surface area contributed by atoms with Crippen molar-refractivity contribution in [3.63, 3.8) is 0 Å². The van der Waals surface area contributed by atoms with Crippen molar-refractivity contribution in [2.24, 2.45) is 15.4 Å². The van der Waals surface area contributed by atoms with Crippen molar-refractivity contribution in [3.05, 3.63) is 0 Å². The minimum absolute atomic E-state index is 0.216. The van der Waals surface area contributed by atoms with E-state index >= 15 is 0 Å². The molecule has 4 heteroatoms. The topological polar surface area (TPSA) is 58.9 Å². The van der Waals surface area contributed by atoms with Gasteiger partial charge in [0.1, 0.15) is 0 Å².